The number of aromatic nitrogens is 3. The van der Waals surface area contributed by atoms with Crippen molar-refractivity contribution in [2.75, 3.05) is 0 Å². The molecular weight excluding hydrogens is 262 g/mol. The van der Waals surface area contributed by atoms with Gasteiger partial charge < -0.3 is 9.88 Å². The highest BCUT2D eigenvalue weighted by atomic mass is 19.1. The van der Waals surface area contributed by atoms with Crippen LogP contribution in [0, 0.1) is 18.6 Å². The van der Waals surface area contributed by atoms with Crippen molar-refractivity contribution in [1.29, 1.82) is 0 Å². The molecule has 0 fully saturated rings. The first kappa shape index (κ1) is 14.6. The number of nitrogens with one attached hydrogen (secondary N) is 1. The number of benzene rings is 1. The fraction of sp³-hybridized carbons (Fsp3) is 0.429. The minimum Gasteiger partial charge on any atom is -0.319 e. The molecule has 0 aliphatic heterocycles. The summed E-state index contributed by atoms with van der Waals surface area (Å²) in [5.74, 6) is -0.0692. The Morgan fingerprint density at radius 3 is 2.45 bits per heavy atom. The quantitative estimate of drug-likeness (QED) is 0.936. The molecule has 4 nitrogen and oxygen atoms in total. The van der Waals surface area contributed by atoms with E-state index in [1.165, 1.54) is 12.1 Å². The second kappa shape index (κ2) is 5.66. The van der Waals surface area contributed by atoms with Crippen LogP contribution < -0.4 is 5.32 Å². The molecule has 0 spiro atoms. The summed E-state index contributed by atoms with van der Waals surface area (Å²) < 4.78 is 29.3. The van der Waals surface area contributed by atoms with Crippen LogP contribution in [0.5, 0.6) is 0 Å². The minimum atomic E-state index is -0.408. The van der Waals surface area contributed by atoms with E-state index in [9.17, 15) is 8.78 Å². The zero-order valence-electron chi connectivity index (χ0n) is 12.0. The van der Waals surface area contributed by atoms with Crippen molar-refractivity contribution in [2.24, 2.45) is 7.05 Å². The fourth-order valence-corrected chi connectivity index (χ4v) is 2.22. The van der Waals surface area contributed by atoms with Crippen molar-refractivity contribution >= 4 is 0 Å². The second-order valence-electron chi connectivity index (χ2n) is 5.03. The average Bonchev–Trinajstić information content (AvgIpc) is 2.80. The minimum absolute atomic E-state index is 0.124. The summed E-state index contributed by atoms with van der Waals surface area (Å²) in [6.45, 7) is 5.24. The predicted octanol–water partition coefficient (Wildman–Crippen LogP) is 2.81. The smallest absolute Gasteiger partial charge is 0.149 e. The van der Waals surface area contributed by atoms with Crippen LogP contribution in [-0.4, -0.2) is 14.8 Å². The van der Waals surface area contributed by atoms with E-state index in [-0.39, 0.29) is 12.1 Å². The highest BCUT2D eigenvalue weighted by Gasteiger charge is 2.18. The van der Waals surface area contributed by atoms with Crippen molar-refractivity contribution in [3.05, 3.63) is 47.0 Å². The summed E-state index contributed by atoms with van der Waals surface area (Å²) in [6.07, 6.45) is 1.60. The summed E-state index contributed by atoms with van der Waals surface area (Å²) in [5, 5.41) is 11.0. The Labute approximate surface area is 116 Å². The lowest BCUT2D eigenvalue weighted by Gasteiger charge is -2.20. The topological polar surface area (TPSA) is 42.7 Å². The lowest BCUT2D eigenvalue weighted by atomic mass is 10.0. The molecule has 0 saturated carbocycles. The Bertz CT molecular complexity index is 609. The van der Waals surface area contributed by atoms with Gasteiger partial charge in [0, 0.05) is 18.7 Å². The maximum absolute atomic E-state index is 13.9. The van der Waals surface area contributed by atoms with E-state index in [4.69, 9.17) is 0 Å². The van der Waals surface area contributed by atoms with Crippen molar-refractivity contribution in [3.63, 3.8) is 0 Å². The van der Waals surface area contributed by atoms with Gasteiger partial charge in [-0.3, -0.25) is 0 Å². The molecule has 0 aliphatic rings. The van der Waals surface area contributed by atoms with Gasteiger partial charge in [-0.25, -0.2) is 8.78 Å². The van der Waals surface area contributed by atoms with Crippen LogP contribution in [0.3, 0.4) is 0 Å². The van der Waals surface area contributed by atoms with Gasteiger partial charge in [0.1, 0.15) is 23.8 Å². The molecule has 2 atom stereocenters. The van der Waals surface area contributed by atoms with Crippen LogP contribution in [0.4, 0.5) is 8.78 Å². The number of rotatable bonds is 4. The molecule has 1 heterocycles. The molecular formula is C14H18F2N4. The maximum atomic E-state index is 13.9. The van der Waals surface area contributed by atoms with Crippen molar-refractivity contribution in [3.8, 4) is 0 Å². The summed E-state index contributed by atoms with van der Waals surface area (Å²) in [7, 11) is 1.84. The molecule has 20 heavy (non-hydrogen) atoms. The molecule has 1 N–H and O–H groups in total. The molecule has 0 aliphatic carbocycles. The van der Waals surface area contributed by atoms with Crippen molar-refractivity contribution < 1.29 is 8.78 Å². The van der Waals surface area contributed by atoms with Gasteiger partial charge in [0.25, 0.3) is 0 Å². The molecule has 0 radical (unpaired) electrons. The summed E-state index contributed by atoms with van der Waals surface area (Å²) in [6, 6.07) is 2.00. The molecule has 1 aromatic heterocycles. The Kier molecular flexibility index (Phi) is 4.13. The molecule has 0 bridgehead atoms. The largest absolute Gasteiger partial charge is 0.319 e. The first-order valence-electron chi connectivity index (χ1n) is 6.45. The zero-order valence-corrected chi connectivity index (χ0v) is 12.0. The van der Waals surface area contributed by atoms with Gasteiger partial charge in [0.05, 0.1) is 6.04 Å². The summed E-state index contributed by atoms with van der Waals surface area (Å²) in [5.41, 5.74) is 0.613. The van der Waals surface area contributed by atoms with E-state index in [2.05, 4.69) is 15.5 Å². The standard InChI is InChI=1S/C14H18F2N4/c1-8-5-13(16)11(6-12(8)15)9(2)18-10(3)14-19-17-7-20(14)4/h5-7,9-10,18H,1-4H3. The SMILES string of the molecule is Cc1cc(F)c(C(C)NC(C)c2nncn2C)cc1F. The number of aryl methyl sites for hydroxylation is 2. The van der Waals surface area contributed by atoms with E-state index >= 15 is 0 Å². The molecule has 2 unspecified atom stereocenters. The molecule has 0 saturated heterocycles. The van der Waals surface area contributed by atoms with Crippen LogP contribution in [0.25, 0.3) is 0 Å². The van der Waals surface area contributed by atoms with Crippen LogP contribution >= 0.6 is 0 Å². The van der Waals surface area contributed by atoms with Crippen LogP contribution in [0.15, 0.2) is 18.5 Å². The van der Waals surface area contributed by atoms with Gasteiger partial charge in [0.2, 0.25) is 0 Å². The lowest BCUT2D eigenvalue weighted by Crippen LogP contribution is -2.25. The summed E-state index contributed by atoms with van der Waals surface area (Å²) in [4.78, 5) is 0. The van der Waals surface area contributed by atoms with Gasteiger partial charge in [-0.1, -0.05) is 0 Å². The van der Waals surface area contributed by atoms with E-state index in [0.717, 1.165) is 5.82 Å². The first-order chi connectivity index (χ1) is 9.40. The highest BCUT2D eigenvalue weighted by Crippen LogP contribution is 2.23. The van der Waals surface area contributed by atoms with Gasteiger partial charge in [-0.05, 0) is 38.5 Å². The molecule has 2 aromatic rings. The van der Waals surface area contributed by atoms with Gasteiger partial charge in [0.15, 0.2) is 0 Å². The normalized spacial score (nSPS) is 14.3. The predicted molar refractivity (Wildman–Crippen MR) is 72.1 cm³/mol. The third kappa shape index (κ3) is 2.85. The van der Waals surface area contributed by atoms with E-state index in [1.807, 2.05) is 14.0 Å². The van der Waals surface area contributed by atoms with E-state index < -0.39 is 11.6 Å². The zero-order chi connectivity index (χ0) is 14.9. The van der Waals surface area contributed by atoms with E-state index in [0.29, 0.717) is 11.1 Å². The third-order valence-electron chi connectivity index (χ3n) is 3.38. The Balaban J connectivity index is 2.18. The average molecular weight is 280 g/mol. The van der Waals surface area contributed by atoms with Gasteiger partial charge >= 0.3 is 0 Å². The molecule has 0 amide bonds. The Hall–Kier alpha value is -1.82. The number of hydrogen-bond donors (Lipinski definition) is 1. The lowest BCUT2D eigenvalue weighted by molar-refractivity contribution is 0.448. The van der Waals surface area contributed by atoms with Crippen LogP contribution in [0.1, 0.15) is 42.9 Å². The van der Waals surface area contributed by atoms with Crippen LogP contribution in [-0.2, 0) is 7.05 Å². The molecule has 1 aromatic carbocycles. The van der Waals surface area contributed by atoms with Gasteiger partial charge in [-0.2, -0.15) is 0 Å². The van der Waals surface area contributed by atoms with Crippen LogP contribution in [0.2, 0.25) is 0 Å². The number of halogens is 2. The molecule has 108 valence electrons. The van der Waals surface area contributed by atoms with E-state index in [1.54, 1.807) is 24.7 Å². The van der Waals surface area contributed by atoms with Gasteiger partial charge in [-0.15, -0.1) is 10.2 Å². The molecule has 2 rings (SSSR count). The first-order valence-corrected chi connectivity index (χ1v) is 6.45. The molecule has 6 heteroatoms. The van der Waals surface area contributed by atoms with Crippen molar-refractivity contribution in [2.45, 2.75) is 32.9 Å². The van der Waals surface area contributed by atoms with Crippen molar-refractivity contribution in [1.82, 2.24) is 20.1 Å². The number of hydrogen-bond acceptors (Lipinski definition) is 3. The second-order valence-corrected chi connectivity index (χ2v) is 5.03. The monoisotopic (exact) mass is 280 g/mol. The summed E-state index contributed by atoms with van der Waals surface area (Å²) >= 11 is 0. The number of nitrogens with zero attached hydrogens (tertiary/aromatic N) is 3. The fourth-order valence-electron chi connectivity index (χ4n) is 2.22. The highest BCUT2D eigenvalue weighted by molar-refractivity contribution is 5.27. The third-order valence-corrected chi connectivity index (χ3v) is 3.38. The Morgan fingerprint density at radius 2 is 1.85 bits per heavy atom. The Morgan fingerprint density at radius 1 is 1.15 bits per heavy atom. The maximum Gasteiger partial charge on any atom is 0.149 e.